The first kappa shape index (κ1) is 12.7. The number of carbonyl (C=O) groups is 1. The Morgan fingerprint density at radius 2 is 1.87 bits per heavy atom. The van der Waals surface area contributed by atoms with Crippen molar-refractivity contribution in [3.05, 3.63) is 0 Å². The molecule has 2 heteroatoms. The molecule has 1 rings (SSSR count). The lowest BCUT2D eigenvalue weighted by molar-refractivity contribution is -0.120. The maximum atomic E-state index is 11.5. The number of rotatable bonds is 5. The second kappa shape index (κ2) is 6.26. The molecule has 0 aromatic heterocycles. The van der Waals surface area contributed by atoms with E-state index in [1.54, 1.807) is 0 Å². The van der Waals surface area contributed by atoms with Gasteiger partial charge in [0.05, 0.1) is 6.10 Å². The number of hydrogen-bond acceptors (Lipinski definition) is 2. The van der Waals surface area contributed by atoms with Crippen molar-refractivity contribution in [2.75, 3.05) is 0 Å². The highest BCUT2D eigenvalue weighted by Gasteiger charge is 2.19. The SMILES string of the molecule is CC(C)CC(=O)CCC1CCC(O)CC1. The van der Waals surface area contributed by atoms with Crippen LogP contribution in [0, 0.1) is 11.8 Å². The minimum atomic E-state index is -0.0763. The standard InChI is InChI=1S/C13H24O2/c1-10(2)9-13(15)8-5-11-3-6-12(14)7-4-11/h10-12,14H,3-9H2,1-2H3. The van der Waals surface area contributed by atoms with Gasteiger partial charge in [-0.25, -0.2) is 0 Å². The Kier molecular flexibility index (Phi) is 5.30. The normalized spacial score (nSPS) is 26.9. The molecule has 88 valence electrons. The molecule has 0 aromatic carbocycles. The number of hydrogen-bond donors (Lipinski definition) is 1. The molecular weight excluding hydrogens is 188 g/mol. The number of carbonyl (C=O) groups excluding carboxylic acids is 1. The van der Waals surface area contributed by atoms with E-state index in [9.17, 15) is 9.90 Å². The van der Waals surface area contributed by atoms with Gasteiger partial charge in [-0.1, -0.05) is 13.8 Å². The summed E-state index contributed by atoms with van der Waals surface area (Å²) in [5.74, 6) is 1.59. The fourth-order valence-corrected chi connectivity index (χ4v) is 2.36. The van der Waals surface area contributed by atoms with Gasteiger partial charge in [0.25, 0.3) is 0 Å². The molecule has 2 nitrogen and oxygen atoms in total. The summed E-state index contributed by atoms with van der Waals surface area (Å²) in [6.07, 6.45) is 6.53. The first-order chi connectivity index (χ1) is 7.08. The Labute approximate surface area is 93.1 Å². The van der Waals surface area contributed by atoms with Crippen molar-refractivity contribution in [1.82, 2.24) is 0 Å². The molecule has 0 amide bonds. The molecule has 0 saturated heterocycles. The third-order valence-electron chi connectivity index (χ3n) is 3.28. The van der Waals surface area contributed by atoms with E-state index < -0.39 is 0 Å². The molecule has 0 aliphatic heterocycles. The molecule has 0 spiro atoms. The molecule has 0 aromatic rings. The minimum Gasteiger partial charge on any atom is -0.393 e. The van der Waals surface area contributed by atoms with Crippen molar-refractivity contribution in [2.24, 2.45) is 11.8 Å². The van der Waals surface area contributed by atoms with Gasteiger partial charge in [0, 0.05) is 12.8 Å². The van der Waals surface area contributed by atoms with Crippen molar-refractivity contribution < 1.29 is 9.90 Å². The first-order valence-electron chi connectivity index (χ1n) is 6.27. The first-order valence-corrected chi connectivity index (χ1v) is 6.27. The average molecular weight is 212 g/mol. The Morgan fingerprint density at radius 3 is 2.40 bits per heavy atom. The van der Waals surface area contributed by atoms with E-state index >= 15 is 0 Å². The van der Waals surface area contributed by atoms with Crippen LogP contribution < -0.4 is 0 Å². The summed E-state index contributed by atoms with van der Waals surface area (Å²) < 4.78 is 0. The van der Waals surface area contributed by atoms with Gasteiger partial charge in [-0.2, -0.15) is 0 Å². The van der Waals surface area contributed by atoms with Crippen LogP contribution in [0.4, 0.5) is 0 Å². The van der Waals surface area contributed by atoms with Crippen molar-refractivity contribution in [3.63, 3.8) is 0 Å². The monoisotopic (exact) mass is 212 g/mol. The number of Topliss-reactive ketones (excluding diaryl/α,β-unsaturated/α-hetero) is 1. The molecule has 1 aliphatic rings. The Hall–Kier alpha value is -0.370. The van der Waals surface area contributed by atoms with Gasteiger partial charge < -0.3 is 5.11 Å². The molecule has 0 radical (unpaired) electrons. The van der Waals surface area contributed by atoms with E-state index in [1.165, 1.54) is 0 Å². The Morgan fingerprint density at radius 1 is 1.27 bits per heavy atom. The van der Waals surface area contributed by atoms with Crippen LogP contribution in [-0.4, -0.2) is 17.0 Å². The summed E-state index contributed by atoms with van der Waals surface area (Å²) in [5.41, 5.74) is 0. The molecular formula is C13H24O2. The van der Waals surface area contributed by atoms with E-state index in [2.05, 4.69) is 13.8 Å². The summed E-state index contributed by atoms with van der Waals surface area (Å²) in [7, 11) is 0. The van der Waals surface area contributed by atoms with Crippen LogP contribution in [0.5, 0.6) is 0 Å². The van der Waals surface area contributed by atoms with Crippen LogP contribution in [0.2, 0.25) is 0 Å². The highest BCUT2D eigenvalue weighted by atomic mass is 16.3. The van der Waals surface area contributed by atoms with Gasteiger partial charge >= 0.3 is 0 Å². The van der Waals surface area contributed by atoms with Crippen LogP contribution in [-0.2, 0) is 4.79 Å². The summed E-state index contributed by atoms with van der Waals surface area (Å²) in [6, 6.07) is 0. The molecule has 1 N–H and O–H groups in total. The summed E-state index contributed by atoms with van der Waals surface area (Å²) >= 11 is 0. The Bertz CT molecular complexity index is 191. The largest absolute Gasteiger partial charge is 0.393 e. The van der Waals surface area contributed by atoms with Gasteiger partial charge in [0.2, 0.25) is 0 Å². The van der Waals surface area contributed by atoms with E-state index in [1.807, 2.05) is 0 Å². The number of aliphatic hydroxyl groups is 1. The number of aliphatic hydroxyl groups excluding tert-OH is 1. The summed E-state index contributed by atoms with van der Waals surface area (Å²) in [6.45, 7) is 4.18. The van der Waals surface area contributed by atoms with E-state index in [0.717, 1.165) is 44.9 Å². The molecule has 0 atom stereocenters. The van der Waals surface area contributed by atoms with Crippen LogP contribution in [0.15, 0.2) is 0 Å². The van der Waals surface area contributed by atoms with Gasteiger partial charge in [0.15, 0.2) is 0 Å². The maximum Gasteiger partial charge on any atom is 0.133 e. The predicted octanol–water partition coefficient (Wildman–Crippen LogP) is 2.93. The topological polar surface area (TPSA) is 37.3 Å². The van der Waals surface area contributed by atoms with Gasteiger partial charge in [-0.15, -0.1) is 0 Å². The molecule has 1 saturated carbocycles. The second-order valence-corrected chi connectivity index (χ2v) is 5.35. The molecule has 15 heavy (non-hydrogen) atoms. The molecule has 0 heterocycles. The van der Waals surface area contributed by atoms with Crippen molar-refractivity contribution in [1.29, 1.82) is 0 Å². The zero-order valence-electron chi connectivity index (χ0n) is 10.0. The third kappa shape index (κ3) is 5.31. The van der Waals surface area contributed by atoms with Crippen molar-refractivity contribution in [2.45, 2.75) is 64.9 Å². The highest BCUT2D eigenvalue weighted by Crippen LogP contribution is 2.28. The molecule has 0 bridgehead atoms. The third-order valence-corrected chi connectivity index (χ3v) is 3.28. The van der Waals surface area contributed by atoms with Crippen LogP contribution in [0.1, 0.15) is 58.8 Å². The zero-order valence-corrected chi connectivity index (χ0v) is 10.0. The second-order valence-electron chi connectivity index (χ2n) is 5.35. The van der Waals surface area contributed by atoms with Gasteiger partial charge in [-0.05, 0) is 43.9 Å². The van der Waals surface area contributed by atoms with E-state index in [-0.39, 0.29) is 6.10 Å². The van der Waals surface area contributed by atoms with E-state index in [4.69, 9.17) is 0 Å². The molecule has 1 fully saturated rings. The molecule has 1 aliphatic carbocycles. The Balaban J connectivity index is 2.12. The fourth-order valence-electron chi connectivity index (χ4n) is 2.36. The van der Waals surface area contributed by atoms with Crippen molar-refractivity contribution in [3.8, 4) is 0 Å². The van der Waals surface area contributed by atoms with Gasteiger partial charge in [-0.3, -0.25) is 4.79 Å². The van der Waals surface area contributed by atoms with Gasteiger partial charge in [0.1, 0.15) is 5.78 Å². The van der Waals surface area contributed by atoms with E-state index in [0.29, 0.717) is 17.6 Å². The highest BCUT2D eigenvalue weighted by molar-refractivity contribution is 5.78. The van der Waals surface area contributed by atoms with Crippen molar-refractivity contribution >= 4 is 5.78 Å². The number of ketones is 1. The summed E-state index contributed by atoms with van der Waals surface area (Å²) in [5, 5.41) is 9.36. The van der Waals surface area contributed by atoms with Crippen LogP contribution in [0.3, 0.4) is 0 Å². The smallest absolute Gasteiger partial charge is 0.133 e. The lowest BCUT2D eigenvalue weighted by Gasteiger charge is -2.25. The lowest BCUT2D eigenvalue weighted by Crippen LogP contribution is -2.19. The van der Waals surface area contributed by atoms with Crippen LogP contribution in [0.25, 0.3) is 0 Å². The summed E-state index contributed by atoms with van der Waals surface area (Å²) in [4.78, 5) is 11.5. The molecule has 0 unspecified atom stereocenters. The fraction of sp³-hybridized carbons (Fsp3) is 0.923. The van der Waals surface area contributed by atoms with Crippen LogP contribution >= 0.6 is 0 Å². The lowest BCUT2D eigenvalue weighted by atomic mass is 9.84. The maximum absolute atomic E-state index is 11.5. The minimum absolute atomic E-state index is 0.0763. The average Bonchev–Trinajstić information content (AvgIpc) is 2.16. The predicted molar refractivity (Wildman–Crippen MR) is 61.7 cm³/mol. The quantitative estimate of drug-likeness (QED) is 0.760. The zero-order chi connectivity index (χ0) is 11.3.